The second-order valence-corrected chi connectivity index (χ2v) is 7.65. The minimum Gasteiger partial charge on any atom is -0.463 e. The maximum atomic E-state index is 11.5. The molecule has 184 valence electrons. The van der Waals surface area contributed by atoms with E-state index in [-0.39, 0.29) is 5.97 Å². The third kappa shape index (κ3) is 19.6. The minimum absolute atomic E-state index is 0.133. The van der Waals surface area contributed by atoms with E-state index >= 15 is 0 Å². The van der Waals surface area contributed by atoms with Gasteiger partial charge < -0.3 is 33.7 Å². The summed E-state index contributed by atoms with van der Waals surface area (Å²) in [5.74, 6) is -0.133. The van der Waals surface area contributed by atoms with E-state index in [0.717, 1.165) is 38.8 Å². The fourth-order valence-corrected chi connectivity index (χ4v) is 3.16. The van der Waals surface area contributed by atoms with E-state index in [1.54, 1.807) is 0 Å². The van der Waals surface area contributed by atoms with Crippen molar-refractivity contribution in [1.29, 1.82) is 0 Å². The largest absolute Gasteiger partial charge is 0.463 e. The zero-order valence-electron chi connectivity index (χ0n) is 19.6. The van der Waals surface area contributed by atoms with Gasteiger partial charge in [0.1, 0.15) is 6.61 Å². The zero-order chi connectivity index (χ0) is 22.2. The predicted molar refractivity (Wildman–Crippen MR) is 119 cm³/mol. The number of carbonyl (C=O) groups excluding carboxylic acids is 1. The van der Waals surface area contributed by atoms with Gasteiger partial charge in [-0.05, 0) is 32.4 Å². The molecule has 1 saturated heterocycles. The van der Waals surface area contributed by atoms with Crippen LogP contribution in [0.4, 0.5) is 0 Å². The molecule has 8 nitrogen and oxygen atoms in total. The lowest BCUT2D eigenvalue weighted by Gasteiger charge is -2.22. The Morgan fingerprint density at radius 2 is 1.23 bits per heavy atom. The monoisotopic (exact) mass is 447 g/mol. The standard InChI is InChI=1S/C23H45NO7/c1-2-3-4-5-6-7-23(25)31-21-19-29-17-15-27-13-12-26-14-16-28-18-20-30-22-8-10-24-11-9-22/h22,24H,2-21H2,1H3. The SMILES string of the molecule is CCCCCCCC(=O)OCCOCCOCCOCCOCCOC1CCNCC1. The molecule has 1 fully saturated rings. The Labute approximate surface area is 188 Å². The van der Waals surface area contributed by atoms with E-state index in [4.69, 9.17) is 28.4 Å². The summed E-state index contributed by atoms with van der Waals surface area (Å²) in [5, 5.41) is 3.32. The van der Waals surface area contributed by atoms with Crippen molar-refractivity contribution < 1.29 is 33.2 Å². The van der Waals surface area contributed by atoms with E-state index in [1.807, 2.05) is 0 Å². The molecule has 1 heterocycles. The Hall–Kier alpha value is -0.770. The fraction of sp³-hybridized carbons (Fsp3) is 0.957. The van der Waals surface area contributed by atoms with Crippen LogP contribution in [0.1, 0.15) is 58.3 Å². The molecule has 0 spiro atoms. The highest BCUT2D eigenvalue weighted by molar-refractivity contribution is 5.69. The van der Waals surface area contributed by atoms with Crippen LogP contribution in [0, 0.1) is 0 Å². The average Bonchev–Trinajstić information content (AvgIpc) is 2.79. The molecule has 0 amide bonds. The molecule has 0 aromatic rings. The first-order valence-corrected chi connectivity index (χ1v) is 12.1. The van der Waals surface area contributed by atoms with Gasteiger partial charge in [-0.15, -0.1) is 0 Å². The first-order valence-electron chi connectivity index (χ1n) is 12.1. The number of piperidine rings is 1. The second kappa shape index (κ2) is 22.4. The highest BCUT2D eigenvalue weighted by Crippen LogP contribution is 2.07. The molecule has 0 atom stereocenters. The molecule has 0 radical (unpaired) electrons. The van der Waals surface area contributed by atoms with E-state index in [0.29, 0.717) is 78.6 Å². The maximum absolute atomic E-state index is 11.5. The van der Waals surface area contributed by atoms with Crippen molar-refractivity contribution in [3.8, 4) is 0 Å². The summed E-state index contributed by atoms with van der Waals surface area (Å²) in [7, 11) is 0. The highest BCUT2D eigenvalue weighted by atomic mass is 16.6. The molecular weight excluding hydrogens is 402 g/mol. The zero-order valence-corrected chi connectivity index (χ0v) is 19.6. The van der Waals surface area contributed by atoms with Crippen LogP contribution in [-0.2, 0) is 33.2 Å². The number of nitrogens with one attached hydrogen (secondary N) is 1. The molecule has 0 saturated carbocycles. The molecule has 0 aromatic heterocycles. The van der Waals surface area contributed by atoms with Gasteiger partial charge in [0.25, 0.3) is 0 Å². The summed E-state index contributed by atoms with van der Waals surface area (Å²) in [6.07, 6.45) is 8.70. The number of carbonyl (C=O) groups is 1. The van der Waals surface area contributed by atoms with Gasteiger partial charge in [0.05, 0.1) is 65.6 Å². The molecule has 1 rings (SSSR count). The van der Waals surface area contributed by atoms with Crippen LogP contribution in [-0.4, -0.2) is 91.2 Å². The summed E-state index contributed by atoms with van der Waals surface area (Å²) >= 11 is 0. The summed E-state index contributed by atoms with van der Waals surface area (Å²) < 4.78 is 32.7. The second-order valence-electron chi connectivity index (χ2n) is 7.65. The van der Waals surface area contributed by atoms with Crippen LogP contribution in [0.5, 0.6) is 0 Å². The average molecular weight is 448 g/mol. The Kier molecular flexibility index (Phi) is 20.4. The van der Waals surface area contributed by atoms with Crippen molar-refractivity contribution in [1.82, 2.24) is 5.32 Å². The molecular formula is C23H45NO7. The van der Waals surface area contributed by atoms with Crippen LogP contribution in [0.3, 0.4) is 0 Å². The van der Waals surface area contributed by atoms with Gasteiger partial charge in [-0.3, -0.25) is 4.79 Å². The van der Waals surface area contributed by atoms with Crippen molar-refractivity contribution in [3.05, 3.63) is 0 Å². The predicted octanol–water partition coefficient (Wildman–Crippen LogP) is 2.73. The first-order chi connectivity index (χ1) is 15.3. The summed E-state index contributed by atoms with van der Waals surface area (Å²) in [6.45, 7) is 9.38. The van der Waals surface area contributed by atoms with E-state index in [9.17, 15) is 4.79 Å². The Morgan fingerprint density at radius 3 is 1.81 bits per heavy atom. The van der Waals surface area contributed by atoms with Crippen LogP contribution in [0.25, 0.3) is 0 Å². The number of ether oxygens (including phenoxy) is 6. The van der Waals surface area contributed by atoms with Gasteiger partial charge in [-0.1, -0.05) is 32.6 Å². The van der Waals surface area contributed by atoms with Crippen LogP contribution in [0.15, 0.2) is 0 Å². The third-order valence-electron chi connectivity index (χ3n) is 4.96. The van der Waals surface area contributed by atoms with Crippen molar-refractivity contribution >= 4 is 5.97 Å². The number of unbranched alkanes of at least 4 members (excludes halogenated alkanes) is 4. The van der Waals surface area contributed by atoms with Crippen LogP contribution >= 0.6 is 0 Å². The molecule has 0 aromatic carbocycles. The Bertz CT molecular complexity index is 392. The highest BCUT2D eigenvalue weighted by Gasteiger charge is 2.12. The smallest absolute Gasteiger partial charge is 0.305 e. The van der Waals surface area contributed by atoms with Crippen molar-refractivity contribution in [2.24, 2.45) is 0 Å². The lowest BCUT2D eigenvalue weighted by molar-refractivity contribution is -0.145. The Balaban J connectivity index is 1.68. The Morgan fingerprint density at radius 1 is 0.710 bits per heavy atom. The number of rotatable bonds is 22. The van der Waals surface area contributed by atoms with E-state index in [1.165, 1.54) is 19.3 Å². The molecule has 31 heavy (non-hydrogen) atoms. The topological polar surface area (TPSA) is 84.5 Å². The van der Waals surface area contributed by atoms with Crippen LogP contribution < -0.4 is 5.32 Å². The van der Waals surface area contributed by atoms with Crippen molar-refractivity contribution in [2.45, 2.75) is 64.4 Å². The minimum atomic E-state index is -0.133. The van der Waals surface area contributed by atoms with Gasteiger partial charge >= 0.3 is 5.97 Å². The third-order valence-corrected chi connectivity index (χ3v) is 4.96. The van der Waals surface area contributed by atoms with Crippen molar-refractivity contribution in [2.75, 3.05) is 79.2 Å². The van der Waals surface area contributed by atoms with Crippen molar-refractivity contribution in [3.63, 3.8) is 0 Å². The first kappa shape index (κ1) is 28.3. The molecule has 8 heteroatoms. The fourth-order valence-electron chi connectivity index (χ4n) is 3.16. The molecule has 1 aliphatic heterocycles. The van der Waals surface area contributed by atoms with Gasteiger partial charge in [0, 0.05) is 6.42 Å². The maximum Gasteiger partial charge on any atom is 0.305 e. The molecule has 0 aliphatic carbocycles. The van der Waals surface area contributed by atoms with E-state index in [2.05, 4.69) is 12.2 Å². The van der Waals surface area contributed by atoms with Gasteiger partial charge in [0.15, 0.2) is 0 Å². The molecule has 0 bridgehead atoms. The normalized spacial score (nSPS) is 14.7. The lowest BCUT2D eigenvalue weighted by Crippen LogP contribution is -2.33. The summed E-state index contributed by atoms with van der Waals surface area (Å²) in [6, 6.07) is 0. The van der Waals surface area contributed by atoms with Gasteiger partial charge in [-0.25, -0.2) is 0 Å². The number of esters is 1. The summed E-state index contributed by atoms with van der Waals surface area (Å²) in [4.78, 5) is 11.5. The number of hydrogen-bond acceptors (Lipinski definition) is 8. The van der Waals surface area contributed by atoms with E-state index < -0.39 is 0 Å². The van der Waals surface area contributed by atoms with Gasteiger partial charge in [0.2, 0.25) is 0 Å². The lowest BCUT2D eigenvalue weighted by atomic mass is 10.1. The molecule has 0 unspecified atom stereocenters. The quantitative estimate of drug-likeness (QED) is 0.200. The molecule has 1 N–H and O–H groups in total. The van der Waals surface area contributed by atoms with Crippen LogP contribution in [0.2, 0.25) is 0 Å². The summed E-state index contributed by atoms with van der Waals surface area (Å²) in [5.41, 5.74) is 0. The molecule has 1 aliphatic rings. The number of hydrogen-bond donors (Lipinski definition) is 1. The van der Waals surface area contributed by atoms with Gasteiger partial charge in [-0.2, -0.15) is 0 Å².